The molecule has 63 heavy (non-hydrogen) atoms. The summed E-state index contributed by atoms with van der Waals surface area (Å²) < 4.78 is 25.6. The third-order valence-electron chi connectivity index (χ3n) is 10.7. The molecule has 0 aliphatic carbocycles. The molecule has 9 nitrogen and oxygen atoms in total. The highest BCUT2D eigenvalue weighted by Crippen LogP contribution is 2.41. The minimum atomic E-state index is -0.619. The summed E-state index contributed by atoms with van der Waals surface area (Å²) in [6, 6.07) is 60.9. The molecule has 7 aromatic carbocycles. The Balaban J connectivity index is 0.860. The van der Waals surface area contributed by atoms with Crippen molar-refractivity contribution in [3.8, 4) is 45.2 Å². The number of nitrogens with one attached hydrogen (secondary N) is 2. The van der Waals surface area contributed by atoms with Crippen LogP contribution in [-0.4, -0.2) is 28.0 Å². The molecular formula is C53H45N3O6S. The molecule has 1 aliphatic rings. The molecule has 3 atom stereocenters. The van der Waals surface area contributed by atoms with Crippen LogP contribution >= 0.6 is 11.8 Å². The highest BCUT2D eigenvalue weighted by Gasteiger charge is 2.33. The number of amides is 2. The lowest BCUT2D eigenvalue weighted by Crippen LogP contribution is -2.31. The van der Waals surface area contributed by atoms with Gasteiger partial charge in [0, 0.05) is 41.1 Å². The van der Waals surface area contributed by atoms with E-state index in [0.29, 0.717) is 35.4 Å². The summed E-state index contributed by atoms with van der Waals surface area (Å²) in [5.74, 6) is 2.76. The Bertz CT molecular complexity index is 2660. The second kappa shape index (κ2) is 19.8. The fourth-order valence-corrected chi connectivity index (χ4v) is 8.25. The second-order valence-corrected chi connectivity index (χ2v) is 16.1. The number of carbonyl (C=O) groups is 1. The number of carbonyl (C=O) groups excluding carboxylic acids is 1. The molecule has 1 saturated heterocycles. The molecule has 0 unspecified atom stereocenters. The fraction of sp³-hybridized carbons (Fsp3) is 0.132. The largest absolute Gasteiger partial charge is 0.457 e. The number of aliphatic hydroxyl groups excluding tert-OH is 1. The van der Waals surface area contributed by atoms with Crippen LogP contribution in [0.1, 0.15) is 41.1 Å². The predicted molar refractivity (Wildman–Crippen MR) is 247 cm³/mol. The van der Waals surface area contributed by atoms with Crippen LogP contribution in [0.25, 0.3) is 33.7 Å². The van der Waals surface area contributed by atoms with Gasteiger partial charge in [-0.25, -0.2) is 9.78 Å². The third-order valence-corrected chi connectivity index (χ3v) is 11.6. The van der Waals surface area contributed by atoms with Crippen molar-refractivity contribution in [3.05, 3.63) is 210 Å². The lowest BCUT2D eigenvalue weighted by molar-refractivity contribution is -0.245. The van der Waals surface area contributed by atoms with Crippen LogP contribution < -0.4 is 15.4 Å². The van der Waals surface area contributed by atoms with Gasteiger partial charge in [-0.15, -0.1) is 0 Å². The zero-order chi connectivity index (χ0) is 42.8. The minimum Gasteiger partial charge on any atom is -0.457 e. The summed E-state index contributed by atoms with van der Waals surface area (Å²) in [6.45, 7) is 0.330. The minimum absolute atomic E-state index is 0.0222. The summed E-state index contributed by atoms with van der Waals surface area (Å²) in [6.07, 6.45) is -0.405. The first-order valence-electron chi connectivity index (χ1n) is 20.8. The van der Waals surface area contributed by atoms with Crippen molar-refractivity contribution in [2.75, 3.05) is 11.1 Å². The van der Waals surface area contributed by atoms with E-state index in [1.165, 1.54) is 11.8 Å². The van der Waals surface area contributed by atoms with Crippen LogP contribution in [0.3, 0.4) is 0 Å². The van der Waals surface area contributed by atoms with Gasteiger partial charge in [0.1, 0.15) is 17.2 Å². The van der Waals surface area contributed by atoms with Crippen LogP contribution in [0.15, 0.2) is 198 Å². The number of rotatable bonds is 14. The van der Waals surface area contributed by atoms with Gasteiger partial charge in [0.25, 0.3) is 5.22 Å². The Morgan fingerprint density at radius 1 is 0.651 bits per heavy atom. The van der Waals surface area contributed by atoms with E-state index in [1.807, 2.05) is 164 Å². The third kappa shape index (κ3) is 10.6. The van der Waals surface area contributed by atoms with Crippen molar-refractivity contribution >= 4 is 23.5 Å². The zero-order valence-corrected chi connectivity index (χ0v) is 35.1. The molecule has 2 heterocycles. The molecule has 1 fully saturated rings. The van der Waals surface area contributed by atoms with Gasteiger partial charge in [0.2, 0.25) is 0 Å². The van der Waals surface area contributed by atoms with Crippen molar-refractivity contribution in [2.24, 2.45) is 0 Å². The number of aliphatic hydroxyl groups is 1. The van der Waals surface area contributed by atoms with Crippen molar-refractivity contribution in [1.29, 1.82) is 0 Å². The molecule has 3 N–H and O–H groups in total. The van der Waals surface area contributed by atoms with Crippen LogP contribution in [0.4, 0.5) is 10.5 Å². The maximum Gasteiger partial charge on any atom is 0.319 e. The Kier molecular flexibility index (Phi) is 13.0. The summed E-state index contributed by atoms with van der Waals surface area (Å²) in [7, 11) is 0. The predicted octanol–water partition coefficient (Wildman–Crippen LogP) is 12.6. The van der Waals surface area contributed by atoms with E-state index < -0.39 is 6.29 Å². The number of para-hydroxylation sites is 1. The SMILES string of the molecule is O=C(NCc1cccc(-c2ccc([C@H]3O[C@@H](CSc4nc(-c5ccccc5)c(-c5ccccc5)o4)C[C@@H](c4ccc(CO)cc4)O3)cc2)c1)Nc1ccc(Oc2ccccc2)cc1. The van der Waals surface area contributed by atoms with E-state index in [-0.39, 0.29) is 24.8 Å². The Labute approximate surface area is 370 Å². The molecule has 0 spiro atoms. The van der Waals surface area contributed by atoms with Gasteiger partial charge < -0.3 is 34.4 Å². The van der Waals surface area contributed by atoms with Crippen molar-refractivity contribution in [3.63, 3.8) is 0 Å². The molecule has 0 radical (unpaired) electrons. The Morgan fingerprint density at radius 3 is 2.02 bits per heavy atom. The van der Waals surface area contributed by atoms with E-state index in [9.17, 15) is 9.90 Å². The van der Waals surface area contributed by atoms with E-state index in [4.69, 9.17) is 23.6 Å². The first-order valence-corrected chi connectivity index (χ1v) is 21.8. The average Bonchev–Trinajstić information content (AvgIpc) is 3.79. The van der Waals surface area contributed by atoms with Gasteiger partial charge >= 0.3 is 6.03 Å². The number of nitrogens with zero attached hydrogens (tertiary/aromatic N) is 1. The molecule has 2 amide bonds. The molecule has 8 aromatic rings. The molecule has 10 heteroatoms. The summed E-state index contributed by atoms with van der Waals surface area (Å²) in [5, 5.41) is 16.1. The quantitative estimate of drug-likeness (QED) is 0.0927. The van der Waals surface area contributed by atoms with E-state index in [2.05, 4.69) is 34.9 Å². The summed E-state index contributed by atoms with van der Waals surface area (Å²) >= 11 is 1.53. The lowest BCUT2D eigenvalue weighted by Gasteiger charge is -2.36. The molecule has 9 rings (SSSR count). The van der Waals surface area contributed by atoms with Gasteiger partial charge in [-0.1, -0.05) is 157 Å². The first-order chi connectivity index (χ1) is 31.0. The number of aromatic nitrogens is 1. The monoisotopic (exact) mass is 851 g/mol. The lowest BCUT2D eigenvalue weighted by atomic mass is 9.99. The number of ether oxygens (including phenoxy) is 3. The maximum absolute atomic E-state index is 12.8. The number of benzene rings is 7. The van der Waals surface area contributed by atoms with Crippen molar-refractivity contribution < 1.29 is 28.5 Å². The highest BCUT2D eigenvalue weighted by molar-refractivity contribution is 7.99. The highest BCUT2D eigenvalue weighted by atomic mass is 32.2. The van der Waals surface area contributed by atoms with Gasteiger partial charge in [-0.05, 0) is 70.3 Å². The number of hydrogen-bond acceptors (Lipinski definition) is 8. The van der Waals surface area contributed by atoms with E-state index >= 15 is 0 Å². The maximum atomic E-state index is 12.8. The van der Waals surface area contributed by atoms with Gasteiger partial charge in [0.05, 0.1) is 18.8 Å². The number of oxazole rings is 1. The van der Waals surface area contributed by atoms with Crippen LogP contribution in [-0.2, 0) is 22.6 Å². The number of thioether (sulfide) groups is 1. The topological polar surface area (TPSA) is 115 Å². The van der Waals surface area contributed by atoms with Gasteiger partial charge in [-0.2, -0.15) is 0 Å². The summed E-state index contributed by atoms with van der Waals surface area (Å²) in [5.41, 5.74) is 9.19. The molecule has 0 bridgehead atoms. The molecular weight excluding hydrogens is 807 g/mol. The number of anilines is 1. The van der Waals surface area contributed by atoms with Gasteiger partial charge in [0.15, 0.2) is 12.1 Å². The number of hydrogen-bond donors (Lipinski definition) is 3. The molecule has 314 valence electrons. The Hall–Kier alpha value is -6.95. The van der Waals surface area contributed by atoms with Crippen LogP contribution in [0.2, 0.25) is 0 Å². The molecule has 1 aliphatic heterocycles. The van der Waals surface area contributed by atoms with Crippen LogP contribution in [0.5, 0.6) is 11.5 Å². The van der Waals surface area contributed by atoms with Gasteiger partial charge in [-0.3, -0.25) is 0 Å². The Morgan fingerprint density at radius 2 is 1.30 bits per heavy atom. The van der Waals surface area contributed by atoms with E-state index in [1.54, 1.807) is 0 Å². The van der Waals surface area contributed by atoms with E-state index in [0.717, 1.165) is 61.7 Å². The summed E-state index contributed by atoms with van der Waals surface area (Å²) in [4.78, 5) is 17.8. The number of urea groups is 1. The van der Waals surface area contributed by atoms with Crippen molar-refractivity contribution in [2.45, 2.75) is 43.3 Å². The van der Waals surface area contributed by atoms with Crippen LogP contribution in [0, 0.1) is 0 Å². The smallest absolute Gasteiger partial charge is 0.319 e. The first kappa shape index (κ1) is 41.4. The second-order valence-electron chi connectivity index (χ2n) is 15.1. The van der Waals surface area contributed by atoms with Crippen molar-refractivity contribution in [1.82, 2.24) is 10.3 Å². The molecule has 0 saturated carbocycles. The standard InChI is InChI=1S/C53H45N3O6S/c57-34-36-19-21-39(22-20-36)48-32-47(35-63-53-56-49(40-12-4-1-5-13-40)50(62-53)41-14-6-2-7-15-41)60-51(61-48)42-25-23-38(24-26-42)43-16-10-11-37(31-43)33-54-52(58)55-44-27-29-46(30-28-44)59-45-17-8-3-9-18-45/h1-31,47-48,51,57H,32-35H2,(H2,54,55,58)/t47-,48+,51+/m1/s1. The zero-order valence-electron chi connectivity index (χ0n) is 34.3. The average molecular weight is 852 g/mol. The normalized spacial score (nSPS) is 16.0. The molecule has 1 aromatic heterocycles. The fourth-order valence-electron chi connectivity index (χ4n) is 7.41.